The SMILES string of the molecule is CCCCCCCCCCCCOCC[N+](C/C=C\c1ccccc1)(CCO)CCO. The van der Waals surface area contributed by atoms with Crippen LogP contribution in [-0.2, 0) is 4.74 Å². The van der Waals surface area contributed by atoms with Gasteiger partial charge in [-0.05, 0) is 18.1 Å². The first-order valence-corrected chi connectivity index (χ1v) is 12.6. The maximum atomic E-state index is 9.59. The number of aliphatic hydroxyl groups is 2. The van der Waals surface area contributed by atoms with E-state index in [1.54, 1.807) is 0 Å². The lowest BCUT2D eigenvalue weighted by Crippen LogP contribution is -2.53. The lowest BCUT2D eigenvalue weighted by atomic mass is 10.1. The molecule has 0 fully saturated rings. The number of benzene rings is 1. The van der Waals surface area contributed by atoms with Crippen LogP contribution in [-0.4, -0.2) is 67.3 Å². The van der Waals surface area contributed by atoms with Gasteiger partial charge in [-0.25, -0.2) is 0 Å². The molecule has 0 radical (unpaired) electrons. The monoisotopic (exact) mass is 434 g/mol. The summed E-state index contributed by atoms with van der Waals surface area (Å²) in [5.74, 6) is 0. The van der Waals surface area contributed by atoms with Crippen molar-refractivity contribution >= 4 is 6.08 Å². The summed E-state index contributed by atoms with van der Waals surface area (Å²) in [5, 5.41) is 19.2. The van der Waals surface area contributed by atoms with Gasteiger partial charge in [0, 0.05) is 6.61 Å². The standard InChI is InChI=1S/C27H48NO3/c1-2-3-4-5-6-7-8-9-10-14-25-31-26-22-28(20-23-29,21-24-30)19-15-18-27-16-12-11-13-17-27/h11-13,15-18,29-30H,2-10,14,19-26H2,1H3/q+1/b18-15-. The Balaban J connectivity index is 2.21. The average Bonchev–Trinajstić information content (AvgIpc) is 2.78. The van der Waals surface area contributed by atoms with Gasteiger partial charge in [-0.3, -0.25) is 0 Å². The van der Waals surface area contributed by atoms with Crippen molar-refractivity contribution in [3.63, 3.8) is 0 Å². The Hall–Kier alpha value is -1.20. The Kier molecular flexibility index (Phi) is 17.5. The fourth-order valence-electron chi connectivity index (χ4n) is 4.06. The molecule has 178 valence electrons. The molecule has 0 bridgehead atoms. The van der Waals surface area contributed by atoms with Crippen LogP contribution in [0.5, 0.6) is 0 Å². The Bertz CT molecular complexity index is 527. The van der Waals surface area contributed by atoms with Crippen LogP contribution in [0.3, 0.4) is 0 Å². The minimum atomic E-state index is 0.123. The van der Waals surface area contributed by atoms with Crippen molar-refractivity contribution in [2.75, 3.05) is 52.6 Å². The zero-order chi connectivity index (χ0) is 22.5. The quantitative estimate of drug-likeness (QED) is 0.200. The maximum absolute atomic E-state index is 9.59. The summed E-state index contributed by atoms with van der Waals surface area (Å²) in [4.78, 5) is 0. The molecule has 1 rings (SSSR count). The molecule has 0 spiro atoms. The highest BCUT2D eigenvalue weighted by molar-refractivity contribution is 5.48. The number of nitrogens with zero attached hydrogens (tertiary/aromatic N) is 1. The first-order chi connectivity index (χ1) is 15.3. The molecule has 4 heteroatoms. The zero-order valence-electron chi connectivity index (χ0n) is 20.0. The summed E-state index contributed by atoms with van der Waals surface area (Å²) < 4.78 is 6.58. The van der Waals surface area contributed by atoms with E-state index >= 15 is 0 Å². The zero-order valence-corrected chi connectivity index (χ0v) is 20.0. The van der Waals surface area contributed by atoms with E-state index in [4.69, 9.17) is 4.74 Å². The molecular formula is C27H48NO3+. The third-order valence-electron chi connectivity index (χ3n) is 6.10. The summed E-state index contributed by atoms with van der Waals surface area (Å²) in [5.41, 5.74) is 1.17. The van der Waals surface area contributed by atoms with Crippen LogP contribution in [0.2, 0.25) is 0 Å². The van der Waals surface area contributed by atoms with E-state index in [9.17, 15) is 10.2 Å². The molecule has 0 saturated heterocycles. The molecule has 0 aliphatic rings. The third kappa shape index (κ3) is 14.5. The highest BCUT2D eigenvalue weighted by Crippen LogP contribution is 2.11. The number of hydrogen-bond acceptors (Lipinski definition) is 3. The van der Waals surface area contributed by atoms with E-state index in [1.165, 1.54) is 63.4 Å². The molecule has 0 amide bonds. The molecule has 2 N–H and O–H groups in total. The van der Waals surface area contributed by atoms with Crippen molar-refractivity contribution in [1.29, 1.82) is 0 Å². The molecule has 0 saturated carbocycles. The maximum Gasteiger partial charge on any atom is 0.103 e. The number of aliphatic hydroxyl groups excluding tert-OH is 2. The largest absolute Gasteiger partial charge is 0.391 e. The normalized spacial score (nSPS) is 12.1. The summed E-state index contributed by atoms with van der Waals surface area (Å²) >= 11 is 0. The smallest absolute Gasteiger partial charge is 0.103 e. The van der Waals surface area contributed by atoms with Crippen LogP contribution in [0.4, 0.5) is 0 Å². The van der Waals surface area contributed by atoms with Gasteiger partial charge in [0.25, 0.3) is 0 Å². The topological polar surface area (TPSA) is 49.7 Å². The van der Waals surface area contributed by atoms with E-state index in [0.29, 0.717) is 24.2 Å². The van der Waals surface area contributed by atoms with Gasteiger partial charge >= 0.3 is 0 Å². The molecule has 0 unspecified atom stereocenters. The molecule has 4 nitrogen and oxygen atoms in total. The van der Waals surface area contributed by atoms with Gasteiger partial charge in [0.2, 0.25) is 0 Å². The van der Waals surface area contributed by atoms with Crippen molar-refractivity contribution in [2.45, 2.75) is 71.1 Å². The molecule has 0 aliphatic heterocycles. The van der Waals surface area contributed by atoms with Gasteiger partial charge in [0.1, 0.15) is 19.6 Å². The lowest BCUT2D eigenvalue weighted by molar-refractivity contribution is -0.923. The summed E-state index contributed by atoms with van der Waals surface area (Å²) in [6, 6.07) is 10.2. The van der Waals surface area contributed by atoms with Gasteiger partial charge in [0.05, 0.1) is 26.4 Å². The molecule has 0 aliphatic carbocycles. The van der Waals surface area contributed by atoms with Crippen molar-refractivity contribution in [1.82, 2.24) is 0 Å². The minimum Gasteiger partial charge on any atom is -0.391 e. The van der Waals surface area contributed by atoms with Crippen LogP contribution < -0.4 is 0 Å². The van der Waals surface area contributed by atoms with Gasteiger partial charge in [-0.15, -0.1) is 0 Å². The predicted molar refractivity (Wildman–Crippen MR) is 132 cm³/mol. The number of ether oxygens (including phenoxy) is 1. The fourth-order valence-corrected chi connectivity index (χ4v) is 4.06. The van der Waals surface area contributed by atoms with Crippen LogP contribution in [0, 0.1) is 0 Å². The van der Waals surface area contributed by atoms with Gasteiger partial charge in [-0.1, -0.05) is 101 Å². The number of rotatable bonds is 21. The van der Waals surface area contributed by atoms with Crippen molar-refractivity contribution in [2.24, 2.45) is 0 Å². The second kappa shape index (κ2) is 19.5. The first-order valence-electron chi connectivity index (χ1n) is 12.6. The number of unbranched alkanes of at least 4 members (excludes halogenated alkanes) is 9. The molecule has 0 aromatic heterocycles. The second-order valence-electron chi connectivity index (χ2n) is 8.75. The molecule has 0 heterocycles. The van der Waals surface area contributed by atoms with E-state index in [-0.39, 0.29) is 13.2 Å². The Labute approximate surface area is 191 Å². The van der Waals surface area contributed by atoms with E-state index in [0.717, 1.165) is 26.1 Å². The van der Waals surface area contributed by atoms with Gasteiger partial charge < -0.3 is 19.4 Å². The molecular weight excluding hydrogens is 386 g/mol. The van der Waals surface area contributed by atoms with Crippen LogP contribution >= 0.6 is 0 Å². The molecule has 31 heavy (non-hydrogen) atoms. The highest BCUT2D eigenvalue weighted by Gasteiger charge is 2.24. The Morgan fingerprint density at radius 3 is 1.90 bits per heavy atom. The third-order valence-corrected chi connectivity index (χ3v) is 6.10. The molecule has 1 aromatic carbocycles. The minimum absolute atomic E-state index is 0.123. The van der Waals surface area contributed by atoms with Crippen LogP contribution in [0.1, 0.15) is 76.7 Å². The van der Waals surface area contributed by atoms with Gasteiger partial charge in [0.15, 0.2) is 0 Å². The predicted octanol–water partition coefficient (Wildman–Crippen LogP) is 5.44. The van der Waals surface area contributed by atoms with Crippen molar-refractivity contribution in [3.05, 3.63) is 42.0 Å². The summed E-state index contributed by atoms with van der Waals surface area (Å²) in [6.07, 6.45) is 17.6. The van der Waals surface area contributed by atoms with Gasteiger partial charge in [-0.2, -0.15) is 0 Å². The van der Waals surface area contributed by atoms with Crippen molar-refractivity contribution in [3.8, 4) is 0 Å². The molecule has 1 aromatic rings. The molecule has 0 atom stereocenters. The lowest BCUT2D eigenvalue weighted by Gasteiger charge is -2.37. The van der Waals surface area contributed by atoms with E-state index in [1.807, 2.05) is 18.2 Å². The summed E-state index contributed by atoms with van der Waals surface area (Å²) in [7, 11) is 0. The van der Waals surface area contributed by atoms with Crippen LogP contribution in [0.25, 0.3) is 6.08 Å². The van der Waals surface area contributed by atoms with Crippen molar-refractivity contribution < 1.29 is 19.4 Å². The number of hydrogen-bond donors (Lipinski definition) is 2. The second-order valence-corrected chi connectivity index (χ2v) is 8.75. The fraction of sp³-hybridized carbons (Fsp3) is 0.704. The average molecular weight is 435 g/mol. The first kappa shape index (κ1) is 27.8. The Morgan fingerprint density at radius 2 is 1.32 bits per heavy atom. The number of quaternary nitrogens is 1. The van der Waals surface area contributed by atoms with E-state index < -0.39 is 0 Å². The van der Waals surface area contributed by atoms with Crippen LogP contribution in [0.15, 0.2) is 36.4 Å². The van der Waals surface area contributed by atoms with E-state index in [2.05, 4.69) is 31.2 Å². The summed E-state index contributed by atoms with van der Waals surface area (Å²) in [6.45, 7) is 6.89. The highest BCUT2D eigenvalue weighted by atomic mass is 16.5. The Morgan fingerprint density at radius 1 is 0.742 bits per heavy atom.